The van der Waals surface area contributed by atoms with Crippen LogP contribution in [-0.2, 0) is 9.59 Å². The van der Waals surface area contributed by atoms with Crippen molar-refractivity contribution in [3.8, 4) is 0 Å². The first-order valence-corrected chi connectivity index (χ1v) is 13.3. The molecule has 41 heavy (non-hydrogen) atoms. The van der Waals surface area contributed by atoms with Gasteiger partial charge in [-0.2, -0.15) is 0 Å². The zero-order valence-electron chi connectivity index (χ0n) is 21.8. The van der Waals surface area contributed by atoms with E-state index in [1.54, 1.807) is 80.0 Å². The number of amides is 3. The smallest absolute Gasteiger partial charge is 0.272 e. The molecule has 206 valence electrons. The molecule has 0 spiro atoms. The molecule has 1 heterocycles. The van der Waals surface area contributed by atoms with Gasteiger partial charge in [-0.3, -0.25) is 29.5 Å². The fourth-order valence-corrected chi connectivity index (χ4v) is 4.51. The number of hydrogen-bond acceptors (Lipinski definition) is 7. The van der Waals surface area contributed by atoms with Crippen molar-refractivity contribution in [2.75, 3.05) is 10.6 Å². The Hall–Kier alpha value is -5.29. The Labute approximate surface area is 240 Å². The first-order valence-electron chi connectivity index (χ1n) is 12.4. The van der Waals surface area contributed by atoms with Crippen LogP contribution in [0.1, 0.15) is 22.8 Å². The second-order valence-corrected chi connectivity index (χ2v) is 10.1. The maximum Gasteiger partial charge on any atom is 0.272 e. The number of nitro groups is 1. The van der Waals surface area contributed by atoms with E-state index in [9.17, 15) is 24.5 Å². The minimum atomic E-state index is -0.599. The molecule has 4 aromatic rings. The molecule has 0 bridgehead atoms. The molecule has 11 heteroatoms. The topological polar surface area (TPSA) is 143 Å². The zero-order valence-corrected chi connectivity index (χ0v) is 22.6. The largest absolute Gasteiger partial charge is 0.325 e. The molecule has 0 radical (unpaired) electrons. The summed E-state index contributed by atoms with van der Waals surface area (Å²) in [5, 5.41) is 18.8. The highest BCUT2D eigenvalue weighted by molar-refractivity contribution is 8.00. The molecular weight excluding hydrogens is 542 g/mol. The predicted molar refractivity (Wildman–Crippen MR) is 158 cm³/mol. The minimum Gasteiger partial charge on any atom is -0.325 e. The average Bonchev–Trinajstić information content (AvgIpc) is 2.98. The van der Waals surface area contributed by atoms with Crippen LogP contribution in [0.15, 0.2) is 114 Å². The Morgan fingerprint density at radius 3 is 2.27 bits per heavy atom. The van der Waals surface area contributed by atoms with Crippen molar-refractivity contribution in [2.45, 2.75) is 17.1 Å². The standard InChI is InChI=1S/C30H25N5O5S/c1-20(28(36)32-23-14-16-31-17-15-23)41-26-9-5-8-24(19-26)33-30(38)27(34-29(37)22-6-3-2-4-7-22)18-21-10-12-25(13-11-21)35(39)40/h2-20H,1H3,(H,33,38)(H,34,37)(H,31,32,36)/b27-18+. The fraction of sp³-hybridized carbons (Fsp3) is 0.0667. The summed E-state index contributed by atoms with van der Waals surface area (Å²) in [6, 6.07) is 24.4. The molecule has 1 atom stereocenters. The van der Waals surface area contributed by atoms with Gasteiger partial charge in [-0.05, 0) is 73.2 Å². The molecule has 3 aromatic carbocycles. The number of nitrogens with one attached hydrogen (secondary N) is 3. The Bertz CT molecular complexity index is 1580. The Balaban J connectivity index is 1.50. The van der Waals surface area contributed by atoms with Crippen molar-refractivity contribution in [1.82, 2.24) is 10.3 Å². The number of carbonyl (C=O) groups is 3. The highest BCUT2D eigenvalue weighted by Gasteiger charge is 2.17. The van der Waals surface area contributed by atoms with Crippen molar-refractivity contribution >= 4 is 52.6 Å². The Morgan fingerprint density at radius 2 is 1.59 bits per heavy atom. The molecule has 4 rings (SSSR count). The summed E-state index contributed by atoms with van der Waals surface area (Å²) < 4.78 is 0. The van der Waals surface area contributed by atoms with Crippen molar-refractivity contribution in [2.24, 2.45) is 0 Å². The molecule has 0 saturated carbocycles. The van der Waals surface area contributed by atoms with Gasteiger partial charge >= 0.3 is 0 Å². The molecule has 10 nitrogen and oxygen atoms in total. The highest BCUT2D eigenvalue weighted by Crippen LogP contribution is 2.27. The van der Waals surface area contributed by atoms with Gasteiger partial charge in [0.05, 0.1) is 10.2 Å². The summed E-state index contributed by atoms with van der Waals surface area (Å²) in [6.07, 6.45) is 4.61. The van der Waals surface area contributed by atoms with E-state index in [0.29, 0.717) is 22.5 Å². The van der Waals surface area contributed by atoms with E-state index in [1.165, 1.54) is 42.1 Å². The molecule has 1 unspecified atom stereocenters. The second kappa shape index (κ2) is 13.7. The third-order valence-corrected chi connectivity index (χ3v) is 6.76. The van der Waals surface area contributed by atoms with Crippen LogP contribution in [0.2, 0.25) is 0 Å². The normalized spacial score (nSPS) is 11.7. The molecule has 0 aliphatic rings. The molecular formula is C30H25N5O5S. The van der Waals surface area contributed by atoms with Crippen LogP contribution >= 0.6 is 11.8 Å². The number of nitro benzene ring substituents is 1. The predicted octanol–water partition coefficient (Wildman–Crippen LogP) is 5.52. The maximum atomic E-state index is 13.3. The van der Waals surface area contributed by atoms with Gasteiger partial charge in [0.2, 0.25) is 5.91 Å². The number of carbonyl (C=O) groups excluding carboxylic acids is 3. The van der Waals surface area contributed by atoms with Crippen LogP contribution < -0.4 is 16.0 Å². The first-order chi connectivity index (χ1) is 19.8. The SMILES string of the molecule is CC(Sc1cccc(NC(=O)/C(=C\c2ccc([N+](=O)[O-])cc2)NC(=O)c2ccccc2)c1)C(=O)Nc1ccncc1. The fourth-order valence-electron chi connectivity index (χ4n) is 3.58. The quantitative estimate of drug-likeness (QED) is 0.0991. The number of hydrogen-bond donors (Lipinski definition) is 3. The van der Waals surface area contributed by atoms with Crippen LogP contribution in [0.5, 0.6) is 0 Å². The molecule has 3 N–H and O–H groups in total. The van der Waals surface area contributed by atoms with Gasteiger partial charge in [-0.15, -0.1) is 11.8 Å². The van der Waals surface area contributed by atoms with Crippen LogP contribution in [0.4, 0.5) is 17.1 Å². The third kappa shape index (κ3) is 8.35. The Kier molecular flexibility index (Phi) is 9.57. The lowest BCUT2D eigenvalue weighted by Crippen LogP contribution is -2.30. The van der Waals surface area contributed by atoms with Crippen LogP contribution in [-0.4, -0.2) is 32.9 Å². The average molecular weight is 568 g/mol. The van der Waals surface area contributed by atoms with E-state index in [-0.39, 0.29) is 17.3 Å². The summed E-state index contributed by atoms with van der Waals surface area (Å²) in [5.41, 5.74) is 1.77. The third-order valence-electron chi connectivity index (χ3n) is 5.67. The number of pyridine rings is 1. The van der Waals surface area contributed by atoms with E-state index in [4.69, 9.17) is 0 Å². The van der Waals surface area contributed by atoms with Crippen molar-refractivity contribution in [1.29, 1.82) is 0 Å². The zero-order chi connectivity index (χ0) is 29.2. The molecule has 0 saturated heterocycles. The highest BCUT2D eigenvalue weighted by atomic mass is 32.2. The van der Waals surface area contributed by atoms with E-state index >= 15 is 0 Å². The second-order valence-electron chi connectivity index (χ2n) is 8.69. The number of benzene rings is 3. The van der Waals surface area contributed by atoms with Crippen molar-refractivity contribution in [3.63, 3.8) is 0 Å². The van der Waals surface area contributed by atoms with Crippen molar-refractivity contribution in [3.05, 3.63) is 130 Å². The summed E-state index contributed by atoms with van der Waals surface area (Å²) in [7, 11) is 0. The van der Waals surface area contributed by atoms with E-state index in [2.05, 4.69) is 20.9 Å². The van der Waals surface area contributed by atoms with E-state index in [0.717, 1.165) is 4.90 Å². The maximum absolute atomic E-state index is 13.3. The van der Waals surface area contributed by atoms with Gasteiger partial charge in [0.25, 0.3) is 17.5 Å². The molecule has 1 aromatic heterocycles. The van der Waals surface area contributed by atoms with E-state index < -0.39 is 22.0 Å². The number of thioether (sulfide) groups is 1. The summed E-state index contributed by atoms with van der Waals surface area (Å²) in [5.74, 6) is -1.28. The molecule has 0 aliphatic carbocycles. The first kappa shape index (κ1) is 28.7. The summed E-state index contributed by atoms with van der Waals surface area (Å²) >= 11 is 1.32. The number of non-ortho nitro benzene ring substituents is 1. The van der Waals surface area contributed by atoms with Gasteiger partial charge in [0.1, 0.15) is 5.70 Å². The van der Waals surface area contributed by atoms with Gasteiger partial charge in [-0.1, -0.05) is 24.3 Å². The number of aromatic nitrogens is 1. The van der Waals surface area contributed by atoms with Gasteiger partial charge in [0.15, 0.2) is 0 Å². The number of nitrogens with zero attached hydrogens (tertiary/aromatic N) is 2. The van der Waals surface area contributed by atoms with Crippen LogP contribution in [0.25, 0.3) is 6.08 Å². The van der Waals surface area contributed by atoms with Crippen LogP contribution in [0.3, 0.4) is 0 Å². The lowest BCUT2D eigenvalue weighted by molar-refractivity contribution is -0.384. The van der Waals surface area contributed by atoms with Gasteiger partial charge in [0, 0.05) is 46.4 Å². The Morgan fingerprint density at radius 1 is 0.878 bits per heavy atom. The molecule has 0 fully saturated rings. The number of anilines is 2. The lowest BCUT2D eigenvalue weighted by Gasteiger charge is -2.14. The van der Waals surface area contributed by atoms with Crippen LogP contribution in [0, 0.1) is 10.1 Å². The molecule has 0 aliphatic heterocycles. The monoisotopic (exact) mass is 567 g/mol. The van der Waals surface area contributed by atoms with Gasteiger partial charge in [-0.25, -0.2) is 0 Å². The van der Waals surface area contributed by atoms with Gasteiger partial charge < -0.3 is 16.0 Å². The van der Waals surface area contributed by atoms with E-state index in [1.807, 2.05) is 6.07 Å². The van der Waals surface area contributed by atoms with Crippen molar-refractivity contribution < 1.29 is 19.3 Å². The minimum absolute atomic E-state index is 0.0594. The molecule has 3 amide bonds. The number of rotatable bonds is 10. The summed E-state index contributed by atoms with van der Waals surface area (Å²) in [4.78, 5) is 54.0. The lowest BCUT2D eigenvalue weighted by atomic mass is 10.1. The summed E-state index contributed by atoms with van der Waals surface area (Å²) in [6.45, 7) is 1.77.